The number of unbranched alkanes of at least 4 members (excludes halogenated alkanes) is 5. The van der Waals surface area contributed by atoms with Gasteiger partial charge in [-0.2, -0.15) is 0 Å². The Morgan fingerprint density at radius 2 is 1.50 bits per heavy atom. The van der Waals surface area contributed by atoms with Crippen LogP contribution in [0.15, 0.2) is 54.6 Å². The van der Waals surface area contributed by atoms with E-state index >= 15 is 0 Å². The molecule has 0 spiro atoms. The lowest BCUT2D eigenvalue weighted by atomic mass is 10.0. The molecule has 0 aromatic heterocycles. The van der Waals surface area contributed by atoms with Gasteiger partial charge in [0.1, 0.15) is 25.0 Å². The van der Waals surface area contributed by atoms with Gasteiger partial charge in [0.05, 0.1) is 14.1 Å². The van der Waals surface area contributed by atoms with Gasteiger partial charge >= 0.3 is 5.97 Å². The number of aryl methyl sites for hydroxylation is 1. The van der Waals surface area contributed by atoms with Gasteiger partial charge in [-0.25, -0.2) is 4.79 Å². The van der Waals surface area contributed by atoms with Crippen LogP contribution < -0.4 is 4.74 Å². The number of hydrogen-bond acceptors (Lipinski definition) is 3. The minimum absolute atomic E-state index is 0.159. The van der Waals surface area contributed by atoms with Crippen LogP contribution in [0.2, 0.25) is 0 Å². The van der Waals surface area contributed by atoms with E-state index < -0.39 is 0 Å². The number of ether oxygens (including phenoxy) is 2. The highest BCUT2D eigenvalue weighted by atomic mass is 16.6. The Hall–Kier alpha value is -2.33. The third kappa shape index (κ3) is 9.89. The van der Waals surface area contributed by atoms with E-state index in [0.717, 1.165) is 25.1 Å². The fraction of sp³-hybridized carbons (Fsp3) is 0.567. The first kappa shape index (κ1) is 27.9. The van der Waals surface area contributed by atoms with E-state index in [4.69, 9.17) is 9.47 Å². The molecule has 2 aromatic rings. The molecule has 4 heteroatoms. The predicted molar refractivity (Wildman–Crippen MR) is 141 cm³/mol. The van der Waals surface area contributed by atoms with Gasteiger partial charge in [0.15, 0.2) is 6.04 Å². The Balaban J connectivity index is 1.76. The van der Waals surface area contributed by atoms with E-state index in [0.29, 0.717) is 4.48 Å². The fourth-order valence-electron chi connectivity index (χ4n) is 4.52. The van der Waals surface area contributed by atoms with Crippen LogP contribution in [0.1, 0.15) is 76.8 Å². The van der Waals surface area contributed by atoms with Crippen LogP contribution >= 0.6 is 0 Å². The van der Waals surface area contributed by atoms with E-state index in [1.54, 1.807) is 0 Å². The van der Waals surface area contributed by atoms with Crippen molar-refractivity contribution in [2.24, 2.45) is 0 Å². The largest absolute Gasteiger partial charge is 0.487 e. The Morgan fingerprint density at radius 1 is 0.853 bits per heavy atom. The first-order chi connectivity index (χ1) is 16.4. The minimum Gasteiger partial charge on any atom is -0.487 e. The maximum Gasteiger partial charge on any atom is 0.365 e. The van der Waals surface area contributed by atoms with Gasteiger partial charge in [-0.1, -0.05) is 88.4 Å². The molecule has 0 heterocycles. The number of hydrogen-bond donors (Lipinski definition) is 0. The number of carbonyl (C=O) groups excluding carboxylic acids is 1. The SMILES string of the molecule is CCCCCCCCc1ccc(OC(C)COC(=O)C(CC)[N+](C)(C)Cc2ccccc2)cc1. The van der Waals surface area contributed by atoms with Gasteiger partial charge in [0.2, 0.25) is 0 Å². The summed E-state index contributed by atoms with van der Waals surface area (Å²) < 4.78 is 12.3. The maximum atomic E-state index is 12.9. The molecule has 0 aliphatic carbocycles. The molecule has 188 valence electrons. The van der Waals surface area contributed by atoms with Gasteiger partial charge in [0.25, 0.3) is 0 Å². The third-order valence-electron chi connectivity index (χ3n) is 6.48. The van der Waals surface area contributed by atoms with Crippen LogP contribution in [-0.2, 0) is 22.5 Å². The van der Waals surface area contributed by atoms with Crippen molar-refractivity contribution in [2.75, 3.05) is 20.7 Å². The molecule has 2 atom stereocenters. The zero-order valence-electron chi connectivity index (χ0n) is 22.1. The summed E-state index contributed by atoms with van der Waals surface area (Å²) in [6.45, 7) is 7.28. The second kappa shape index (κ2) is 14.8. The first-order valence-electron chi connectivity index (χ1n) is 13.1. The summed E-state index contributed by atoms with van der Waals surface area (Å²) in [6, 6.07) is 18.4. The third-order valence-corrected chi connectivity index (χ3v) is 6.48. The lowest BCUT2D eigenvalue weighted by molar-refractivity contribution is -0.919. The predicted octanol–water partition coefficient (Wildman–Crippen LogP) is 6.96. The van der Waals surface area contributed by atoms with Crippen LogP contribution in [0.25, 0.3) is 0 Å². The topological polar surface area (TPSA) is 35.5 Å². The molecular formula is C30H46NO3+. The van der Waals surface area contributed by atoms with E-state index in [1.807, 2.05) is 44.2 Å². The number of likely N-dealkylation sites (N-methyl/N-ethyl adjacent to an activating group) is 1. The van der Waals surface area contributed by atoms with Crippen molar-refractivity contribution in [3.63, 3.8) is 0 Å². The second-order valence-corrected chi connectivity index (χ2v) is 10.1. The smallest absolute Gasteiger partial charge is 0.365 e. The van der Waals surface area contributed by atoms with Gasteiger partial charge in [-0.05, 0) is 37.5 Å². The molecule has 0 radical (unpaired) electrons. The zero-order chi connectivity index (χ0) is 24.8. The summed E-state index contributed by atoms with van der Waals surface area (Å²) in [5.74, 6) is 0.663. The lowest BCUT2D eigenvalue weighted by Gasteiger charge is -2.36. The van der Waals surface area contributed by atoms with E-state index in [1.165, 1.54) is 49.7 Å². The number of quaternary nitrogens is 1. The molecule has 0 saturated heterocycles. The Bertz CT molecular complexity index is 817. The molecule has 0 fully saturated rings. The summed E-state index contributed by atoms with van der Waals surface area (Å²) >= 11 is 0. The molecule has 0 saturated carbocycles. The van der Waals surface area contributed by atoms with Crippen LogP contribution in [0.4, 0.5) is 0 Å². The average Bonchev–Trinajstić information content (AvgIpc) is 2.81. The summed E-state index contributed by atoms with van der Waals surface area (Å²) in [5.41, 5.74) is 2.57. The number of nitrogens with zero attached hydrogens (tertiary/aromatic N) is 1. The molecule has 2 unspecified atom stereocenters. The number of carbonyl (C=O) groups is 1. The Kier molecular flexibility index (Phi) is 12.2. The molecule has 0 amide bonds. The molecule has 0 aliphatic heterocycles. The lowest BCUT2D eigenvalue weighted by Crippen LogP contribution is -2.52. The molecule has 0 N–H and O–H groups in total. The normalized spacial score (nSPS) is 13.3. The first-order valence-corrected chi connectivity index (χ1v) is 13.1. The molecule has 34 heavy (non-hydrogen) atoms. The summed E-state index contributed by atoms with van der Waals surface area (Å²) in [7, 11) is 4.18. The van der Waals surface area contributed by atoms with Crippen molar-refractivity contribution in [3.8, 4) is 5.75 Å². The average molecular weight is 469 g/mol. The summed E-state index contributed by atoms with van der Waals surface area (Å²) in [6.07, 6.45) is 9.54. The minimum atomic E-state index is -0.214. The van der Waals surface area contributed by atoms with Crippen molar-refractivity contribution in [1.82, 2.24) is 0 Å². The van der Waals surface area contributed by atoms with Gasteiger partial charge in [-0.15, -0.1) is 0 Å². The van der Waals surface area contributed by atoms with Gasteiger partial charge in [0, 0.05) is 12.0 Å². The van der Waals surface area contributed by atoms with E-state index in [9.17, 15) is 4.79 Å². The number of rotatable bonds is 16. The standard InChI is InChI=1S/C30H46NO3/c1-6-8-9-10-11-13-16-26-19-21-28(22-20-26)34-25(3)24-33-30(32)29(7-2)31(4,5)23-27-17-14-12-15-18-27/h12,14-15,17-22,25,29H,6-11,13,16,23-24H2,1-5H3/q+1. The Labute approximate surface area is 207 Å². The molecule has 0 aliphatic rings. The molecule has 2 aromatic carbocycles. The van der Waals surface area contributed by atoms with Crippen molar-refractivity contribution < 1.29 is 18.8 Å². The zero-order valence-corrected chi connectivity index (χ0v) is 22.1. The van der Waals surface area contributed by atoms with Gasteiger partial charge in [-0.3, -0.25) is 0 Å². The highest BCUT2D eigenvalue weighted by Gasteiger charge is 2.35. The summed E-state index contributed by atoms with van der Waals surface area (Å²) in [5, 5.41) is 0. The van der Waals surface area contributed by atoms with Crippen LogP contribution in [0.3, 0.4) is 0 Å². The summed E-state index contributed by atoms with van der Waals surface area (Å²) in [4.78, 5) is 12.9. The highest BCUT2D eigenvalue weighted by Crippen LogP contribution is 2.19. The monoisotopic (exact) mass is 468 g/mol. The van der Waals surface area contributed by atoms with Crippen molar-refractivity contribution >= 4 is 5.97 Å². The van der Waals surface area contributed by atoms with Crippen LogP contribution in [-0.4, -0.2) is 43.3 Å². The Morgan fingerprint density at radius 3 is 2.15 bits per heavy atom. The van der Waals surface area contributed by atoms with E-state index in [-0.39, 0.29) is 24.7 Å². The molecule has 2 rings (SSSR count). The second-order valence-electron chi connectivity index (χ2n) is 10.1. The number of esters is 1. The van der Waals surface area contributed by atoms with Crippen molar-refractivity contribution in [2.45, 2.75) is 90.8 Å². The van der Waals surface area contributed by atoms with Gasteiger partial charge < -0.3 is 14.0 Å². The number of benzene rings is 2. The molecular weight excluding hydrogens is 422 g/mol. The molecule has 4 nitrogen and oxygen atoms in total. The van der Waals surface area contributed by atoms with Crippen molar-refractivity contribution in [3.05, 3.63) is 65.7 Å². The van der Waals surface area contributed by atoms with Crippen LogP contribution in [0.5, 0.6) is 5.75 Å². The van der Waals surface area contributed by atoms with Crippen LogP contribution in [0, 0.1) is 0 Å². The maximum absolute atomic E-state index is 12.9. The molecule has 0 bridgehead atoms. The van der Waals surface area contributed by atoms with E-state index in [2.05, 4.69) is 45.3 Å². The highest BCUT2D eigenvalue weighted by molar-refractivity contribution is 5.74. The fourth-order valence-corrected chi connectivity index (χ4v) is 4.52. The quantitative estimate of drug-likeness (QED) is 0.152. The van der Waals surface area contributed by atoms with Crippen molar-refractivity contribution in [1.29, 1.82) is 0 Å².